The van der Waals surface area contributed by atoms with Crippen molar-refractivity contribution >= 4 is 0 Å². The average molecular weight is 165 g/mol. The van der Waals surface area contributed by atoms with E-state index in [4.69, 9.17) is 5.11 Å². The second kappa shape index (κ2) is 10.5. The molecule has 0 spiro atoms. The third kappa shape index (κ3) is 9.70. The van der Waals surface area contributed by atoms with Gasteiger partial charge in [0.25, 0.3) is 0 Å². The Morgan fingerprint density at radius 3 is 2.38 bits per heavy atom. The SMILES string of the molecule is CCCCC[CH-]O.[Cu+]. The summed E-state index contributed by atoms with van der Waals surface area (Å²) in [6.45, 7) is 3.38. The monoisotopic (exact) mass is 164 g/mol. The first-order valence-corrected chi connectivity index (χ1v) is 2.87. The van der Waals surface area contributed by atoms with E-state index in [2.05, 4.69) is 6.92 Å². The molecule has 0 fully saturated rings. The topological polar surface area (TPSA) is 20.2 Å². The van der Waals surface area contributed by atoms with Gasteiger partial charge in [0.1, 0.15) is 0 Å². The van der Waals surface area contributed by atoms with Crippen molar-refractivity contribution < 1.29 is 22.2 Å². The summed E-state index contributed by atoms with van der Waals surface area (Å²) in [6, 6.07) is 0. The van der Waals surface area contributed by atoms with E-state index in [0.717, 1.165) is 12.8 Å². The largest absolute Gasteiger partial charge is 1.00 e. The molecule has 0 bridgehead atoms. The fraction of sp³-hybridized carbons (Fsp3) is 0.833. The summed E-state index contributed by atoms with van der Waals surface area (Å²) in [4.78, 5) is 0. The van der Waals surface area contributed by atoms with E-state index >= 15 is 0 Å². The third-order valence-electron chi connectivity index (χ3n) is 0.937. The maximum absolute atomic E-state index is 8.17. The van der Waals surface area contributed by atoms with Crippen molar-refractivity contribution in [2.45, 2.75) is 32.6 Å². The van der Waals surface area contributed by atoms with Crippen LogP contribution in [0, 0.1) is 6.61 Å². The van der Waals surface area contributed by atoms with Crippen molar-refractivity contribution in [1.82, 2.24) is 0 Å². The minimum Gasteiger partial charge on any atom is -0.566 e. The van der Waals surface area contributed by atoms with Crippen LogP contribution in [-0.4, -0.2) is 5.11 Å². The minimum absolute atomic E-state index is 0. The average Bonchev–Trinajstić information content (AvgIpc) is 1.69. The summed E-state index contributed by atoms with van der Waals surface area (Å²) in [5, 5.41) is 8.17. The van der Waals surface area contributed by atoms with Gasteiger partial charge in [-0.05, 0) is 0 Å². The summed E-state index contributed by atoms with van der Waals surface area (Å²) in [5.41, 5.74) is 0. The van der Waals surface area contributed by atoms with Gasteiger partial charge in [0.2, 0.25) is 0 Å². The molecule has 0 rings (SSSR count). The second-order valence-corrected chi connectivity index (χ2v) is 1.68. The second-order valence-electron chi connectivity index (χ2n) is 1.68. The Hall–Kier alpha value is 0.479. The molecule has 0 atom stereocenters. The van der Waals surface area contributed by atoms with Crippen molar-refractivity contribution in [2.75, 3.05) is 0 Å². The Morgan fingerprint density at radius 2 is 2.00 bits per heavy atom. The van der Waals surface area contributed by atoms with Gasteiger partial charge in [0, 0.05) is 0 Å². The molecule has 0 aliphatic carbocycles. The van der Waals surface area contributed by atoms with Crippen LogP contribution >= 0.6 is 0 Å². The van der Waals surface area contributed by atoms with Crippen LogP contribution in [0.5, 0.6) is 0 Å². The normalized spacial score (nSPS) is 8.25. The molecule has 0 aliphatic rings. The summed E-state index contributed by atoms with van der Waals surface area (Å²) >= 11 is 0. The standard InChI is InChI=1S/C6H13O.Cu/c1-2-3-4-5-6-7;/h6-7H,2-5H2,1H3;/q-1;+1. The molecule has 0 aliphatic heterocycles. The molecule has 1 N–H and O–H groups in total. The number of aliphatic hydroxyl groups excluding tert-OH is 1. The molecular formula is C6H13CuO. The molecule has 0 saturated heterocycles. The number of unbranched alkanes of at least 4 members (excludes halogenated alkanes) is 3. The fourth-order valence-electron chi connectivity index (χ4n) is 0.486. The van der Waals surface area contributed by atoms with Crippen molar-refractivity contribution in [3.05, 3.63) is 6.61 Å². The smallest absolute Gasteiger partial charge is 0.566 e. The third-order valence-corrected chi connectivity index (χ3v) is 0.937. The predicted octanol–water partition coefficient (Wildman–Crippen LogP) is 2.10. The summed E-state index contributed by atoms with van der Waals surface area (Å²) in [6.07, 6.45) is 4.45. The van der Waals surface area contributed by atoms with E-state index in [1.807, 2.05) is 0 Å². The first kappa shape index (κ1) is 11.3. The zero-order valence-corrected chi connectivity index (χ0v) is 6.10. The van der Waals surface area contributed by atoms with Gasteiger partial charge in [-0.15, -0.1) is 0 Å². The van der Waals surface area contributed by atoms with Gasteiger partial charge in [-0.2, -0.15) is 6.42 Å². The van der Waals surface area contributed by atoms with Gasteiger partial charge in [-0.25, -0.2) is 6.61 Å². The maximum Gasteiger partial charge on any atom is 1.00 e. The van der Waals surface area contributed by atoms with E-state index in [1.54, 1.807) is 0 Å². The van der Waals surface area contributed by atoms with Crippen molar-refractivity contribution in [3.8, 4) is 0 Å². The molecule has 8 heavy (non-hydrogen) atoms. The van der Waals surface area contributed by atoms with Gasteiger partial charge in [-0.3, -0.25) is 0 Å². The van der Waals surface area contributed by atoms with Crippen LogP contribution in [0.3, 0.4) is 0 Å². The van der Waals surface area contributed by atoms with Gasteiger partial charge >= 0.3 is 17.1 Å². The molecule has 0 radical (unpaired) electrons. The molecule has 1 nitrogen and oxygen atoms in total. The number of rotatable bonds is 4. The Bertz CT molecular complexity index is 27.7. The molecule has 0 heterocycles. The van der Waals surface area contributed by atoms with E-state index in [0.29, 0.717) is 0 Å². The van der Waals surface area contributed by atoms with Gasteiger partial charge < -0.3 is 5.11 Å². The molecule has 0 aromatic rings. The van der Waals surface area contributed by atoms with Crippen molar-refractivity contribution in [3.63, 3.8) is 0 Å². The van der Waals surface area contributed by atoms with E-state index in [-0.39, 0.29) is 17.1 Å². The van der Waals surface area contributed by atoms with Crippen LogP contribution in [0.1, 0.15) is 32.6 Å². The van der Waals surface area contributed by atoms with Gasteiger partial charge in [0.05, 0.1) is 0 Å². The Balaban J connectivity index is 0. The van der Waals surface area contributed by atoms with E-state index in [1.165, 1.54) is 19.4 Å². The number of aliphatic hydroxyl groups is 1. The van der Waals surface area contributed by atoms with E-state index < -0.39 is 0 Å². The molecular weight excluding hydrogens is 152 g/mol. The maximum atomic E-state index is 8.17. The predicted molar refractivity (Wildman–Crippen MR) is 30.4 cm³/mol. The summed E-state index contributed by atoms with van der Waals surface area (Å²) < 4.78 is 0. The van der Waals surface area contributed by atoms with Crippen LogP contribution in [0.15, 0.2) is 0 Å². The van der Waals surface area contributed by atoms with Crippen LogP contribution in [0.25, 0.3) is 0 Å². The first-order chi connectivity index (χ1) is 3.41. The van der Waals surface area contributed by atoms with Gasteiger partial charge in [0.15, 0.2) is 0 Å². The molecule has 2 heteroatoms. The summed E-state index contributed by atoms with van der Waals surface area (Å²) in [5.74, 6) is 0. The molecule has 0 saturated carbocycles. The first-order valence-electron chi connectivity index (χ1n) is 2.87. The Kier molecular flexibility index (Phi) is 14.8. The fourth-order valence-corrected chi connectivity index (χ4v) is 0.486. The van der Waals surface area contributed by atoms with Crippen LogP contribution in [0.4, 0.5) is 0 Å². The zero-order valence-electron chi connectivity index (χ0n) is 5.15. The molecule has 0 unspecified atom stereocenters. The van der Waals surface area contributed by atoms with Crippen LogP contribution in [0.2, 0.25) is 0 Å². The van der Waals surface area contributed by atoms with E-state index in [9.17, 15) is 0 Å². The van der Waals surface area contributed by atoms with Crippen molar-refractivity contribution in [1.29, 1.82) is 0 Å². The van der Waals surface area contributed by atoms with Gasteiger partial charge in [-0.1, -0.05) is 26.2 Å². The Morgan fingerprint density at radius 1 is 1.38 bits per heavy atom. The molecule has 0 aromatic heterocycles. The van der Waals surface area contributed by atoms with Crippen LogP contribution < -0.4 is 0 Å². The quantitative estimate of drug-likeness (QED) is 0.384. The zero-order chi connectivity index (χ0) is 5.54. The van der Waals surface area contributed by atoms with Crippen molar-refractivity contribution in [2.24, 2.45) is 0 Å². The molecule has 0 amide bonds. The summed E-state index contributed by atoms with van der Waals surface area (Å²) in [7, 11) is 0. The Labute approximate surface area is 62.0 Å². The number of hydrogen-bond acceptors (Lipinski definition) is 1. The van der Waals surface area contributed by atoms with Crippen LogP contribution in [-0.2, 0) is 17.1 Å². The minimum atomic E-state index is 0. The number of hydrogen-bond donors (Lipinski definition) is 1. The molecule has 54 valence electrons. The molecule has 0 aromatic carbocycles.